The van der Waals surface area contributed by atoms with E-state index < -0.39 is 6.10 Å². The molecule has 2 aromatic heterocycles. The molecule has 3 nitrogen and oxygen atoms in total. The highest BCUT2D eigenvalue weighted by Gasteiger charge is 2.11. The lowest BCUT2D eigenvalue weighted by Gasteiger charge is -2.08. The van der Waals surface area contributed by atoms with E-state index in [9.17, 15) is 5.11 Å². The average molecular weight is 244 g/mol. The second-order valence-corrected chi connectivity index (χ2v) is 4.83. The van der Waals surface area contributed by atoms with Gasteiger partial charge >= 0.3 is 0 Å². The smallest absolute Gasteiger partial charge is 0.193 e. The summed E-state index contributed by atoms with van der Waals surface area (Å²) in [4.78, 5) is 5.43. The maximum Gasteiger partial charge on any atom is 0.193 e. The van der Waals surface area contributed by atoms with Crippen molar-refractivity contribution in [2.24, 2.45) is 0 Å². The minimum absolute atomic E-state index is 0.485. The van der Waals surface area contributed by atoms with E-state index in [1.165, 1.54) is 0 Å². The van der Waals surface area contributed by atoms with Crippen molar-refractivity contribution in [1.29, 1.82) is 0 Å². The first-order valence-electron chi connectivity index (χ1n) is 5.47. The van der Waals surface area contributed by atoms with Gasteiger partial charge in [-0.1, -0.05) is 30.3 Å². The number of hydrogen-bond donors (Lipinski definition) is 1. The lowest BCUT2D eigenvalue weighted by atomic mass is 10.1. The molecular weight excluding hydrogens is 232 g/mol. The molecule has 0 radical (unpaired) electrons. The molecule has 2 heterocycles. The maximum absolute atomic E-state index is 10.1. The molecule has 1 atom stereocenters. The summed E-state index contributed by atoms with van der Waals surface area (Å²) in [5, 5.41) is 12.1. The zero-order chi connectivity index (χ0) is 11.7. The SMILES string of the molecule is OC(Cc1cn2ccsc2n1)c1ccccc1. The number of nitrogens with zero attached hydrogens (tertiary/aromatic N) is 2. The van der Waals surface area contributed by atoms with Gasteiger partial charge in [-0.3, -0.25) is 4.40 Å². The number of fused-ring (bicyclic) bond motifs is 1. The molecule has 1 aromatic carbocycles. The van der Waals surface area contributed by atoms with E-state index in [4.69, 9.17) is 0 Å². The van der Waals surface area contributed by atoms with Crippen LogP contribution in [0.1, 0.15) is 17.4 Å². The Balaban J connectivity index is 1.81. The van der Waals surface area contributed by atoms with Crippen LogP contribution in [0.4, 0.5) is 0 Å². The summed E-state index contributed by atoms with van der Waals surface area (Å²) in [5.41, 5.74) is 1.86. The number of benzene rings is 1. The molecule has 0 saturated heterocycles. The van der Waals surface area contributed by atoms with Crippen molar-refractivity contribution in [2.75, 3.05) is 0 Å². The molecule has 1 N–H and O–H groups in total. The number of aliphatic hydroxyl groups excluding tert-OH is 1. The van der Waals surface area contributed by atoms with Crippen LogP contribution in [0.3, 0.4) is 0 Å². The molecule has 0 aliphatic carbocycles. The van der Waals surface area contributed by atoms with Gasteiger partial charge in [0.05, 0.1) is 11.8 Å². The van der Waals surface area contributed by atoms with Gasteiger partial charge in [0.1, 0.15) is 0 Å². The summed E-state index contributed by atoms with van der Waals surface area (Å²) in [7, 11) is 0. The van der Waals surface area contributed by atoms with Crippen molar-refractivity contribution in [1.82, 2.24) is 9.38 Å². The van der Waals surface area contributed by atoms with E-state index in [2.05, 4.69) is 4.98 Å². The van der Waals surface area contributed by atoms with E-state index in [1.807, 2.05) is 52.5 Å². The summed E-state index contributed by atoms with van der Waals surface area (Å²) >= 11 is 1.60. The quantitative estimate of drug-likeness (QED) is 0.769. The Hall–Kier alpha value is -1.65. The first-order valence-corrected chi connectivity index (χ1v) is 6.35. The summed E-state index contributed by atoms with van der Waals surface area (Å²) < 4.78 is 1.98. The van der Waals surface area contributed by atoms with E-state index in [0.29, 0.717) is 6.42 Å². The highest BCUT2D eigenvalue weighted by molar-refractivity contribution is 7.15. The number of rotatable bonds is 3. The maximum atomic E-state index is 10.1. The molecule has 0 saturated carbocycles. The second-order valence-electron chi connectivity index (χ2n) is 3.96. The fourth-order valence-corrected chi connectivity index (χ4v) is 2.58. The minimum Gasteiger partial charge on any atom is -0.388 e. The van der Waals surface area contributed by atoms with Crippen LogP contribution in [-0.2, 0) is 6.42 Å². The van der Waals surface area contributed by atoms with Crippen molar-refractivity contribution in [3.8, 4) is 0 Å². The Morgan fingerprint density at radius 1 is 1.29 bits per heavy atom. The van der Waals surface area contributed by atoms with Gasteiger partial charge in [0.15, 0.2) is 4.96 Å². The Morgan fingerprint density at radius 2 is 2.12 bits per heavy atom. The Kier molecular flexibility index (Phi) is 2.66. The highest BCUT2D eigenvalue weighted by atomic mass is 32.1. The number of imidazole rings is 1. The van der Waals surface area contributed by atoms with Gasteiger partial charge in [-0.2, -0.15) is 0 Å². The van der Waals surface area contributed by atoms with Gasteiger partial charge in [-0.05, 0) is 5.56 Å². The number of thiazole rings is 1. The monoisotopic (exact) mass is 244 g/mol. The minimum atomic E-state index is -0.485. The number of hydrogen-bond acceptors (Lipinski definition) is 3. The van der Waals surface area contributed by atoms with Gasteiger partial charge in [0, 0.05) is 24.2 Å². The van der Waals surface area contributed by atoms with Crippen molar-refractivity contribution < 1.29 is 5.11 Å². The number of aromatic nitrogens is 2. The molecule has 4 heteroatoms. The molecule has 0 spiro atoms. The van der Waals surface area contributed by atoms with Crippen LogP contribution in [0.5, 0.6) is 0 Å². The molecule has 3 rings (SSSR count). The van der Waals surface area contributed by atoms with Gasteiger partial charge < -0.3 is 5.11 Å². The fraction of sp³-hybridized carbons (Fsp3) is 0.154. The summed E-state index contributed by atoms with van der Waals surface area (Å²) in [6, 6.07) is 9.68. The topological polar surface area (TPSA) is 37.5 Å². The zero-order valence-electron chi connectivity index (χ0n) is 9.15. The van der Waals surface area contributed by atoms with Gasteiger partial charge in [-0.15, -0.1) is 11.3 Å². The molecule has 1 unspecified atom stereocenters. The van der Waals surface area contributed by atoms with Gasteiger partial charge in [-0.25, -0.2) is 4.98 Å². The van der Waals surface area contributed by atoms with Gasteiger partial charge in [0.25, 0.3) is 0 Å². The average Bonchev–Trinajstić information content (AvgIpc) is 2.90. The van der Waals surface area contributed by atoms with Crippen LogP contribution in [0.15, 0.2) is 48.1 Å². The van der Waals surface area contributed by atoms with E-state index in [-0.39, 0.29) is 0 Å². The second kappa shape index (κ2) is 4.31. The van der Waals surface area contributed by atoms with E-state index >= 15 is 0 Å². The fourth-order valence-electron chi connectivity index (χ4n) is 1.87. The first kappa shape index (κ1) is 10.5. The number of aliphatic hydroxyl groups is 1. The van der Waals surface area contributed by atoms with E-state index in [1.54, 1.807) is 11.3 Å². The third-order valence-electron chi connectivity index (χ3n) is 2.73. The first-order chi connectivity index (χ1) is 8.33. The molecule has 17 heavy (non-hydrogen) atoms. The normalized spacial score (nSPS) is 13.0. The lowest BCUT2D eigenvalue weighted by Crippen LogP contribution is -2.01. The van der Waals surface area contributed by atoms with Crippen LogP contribution in [0, 0.1) is 0 Å². The van der Waals surface area contributed by atoms with Crippen LogP contribution in [-0.4, -0.2) is 14.5 Å². The zero-order valence-corrected chi connectivity index (χ0v) is 9.97. The third-order valence-corrected chi connectivity index (χ3v) is 3.50. The van der Waals surface area contributed by atoms with Crippen LogP contribution >= 0.6 is 11.3 Å². The van der Waals surface area contributed by atoms with Crippen molar-refractivity contribution in [3.05, 3.63) is 59.4 Å². The van der Waals surface area contributed by atoms with Crippen molar-refractivity contribution >= 4 is 16.3 Å². The van der Waals surface area contributed by atoms with E-state index in [0.717, 1.165) is 16.2 Å². The Bertz CT molecular complexity index is 586. The van der Waals surface area contributed by atoms with Crippen molar-refractivity contribution in [3.63, 3.8) is 0 Å². The Morgan fingerprint density at radius 3 is 2.88 bits per heavy atom. The summed E-state index contributed by atoms with van der Waals surface area (Å²) in [5.74, 6) is 0. The van der Waals surface area contributed by atoms with Crippen LogP contribution in [0.2, 0.25) is 0 Å². The van der Waals surface area contributed by atoms with Crippen LogP contribution < -0.4 is 0 Å². The molecule has 0 bridgehead atoms. The van der Waals surface area contributed by atoms with Crippen LogP contribution in [0.25, 0.3) is 4.96 Å². The molecule has 0 amide bonds. The molecule has 0 aliphatic heterocycles. The highest BCUT2D eigenvalue weighted by Crippen LogP contribution is 2.19. The standard InChI is InChI=1S/C13H12N2OS/c16-12(10-4-2-1-3-5-10)8-11-9-15-6-7-17-13(15)14-11/h1-7,9,12,16H,8H2. The predicted molar refractivity (Wildman–Crippen MR) is 68.2 cm³/mol. The molecule has 86 valence electrons. The van der Waals surface area contributed by atoms with Gasteiger partial charge in [0.2, 0.25) is 0 Å². The predicted octanol–water partition coefficient (Wildman–Crippen LogP) is 2.67. The van der Waals surface area contributed by atoms with Crippen molar-refractivity contribution in [2.45, 2.75) is 12.5 Å². The Labute approximate surface area is 103 Å². The molecular formula is C13H12N2OS. The third kappa shape index (κ3) is 2.09. The molecule has 0 aliphatic rings. The molecule has 3 aromatic rings. The lowest BCUT2D eigenvalue weighted by molar-refractivity contribution is 0.177. The summed E-state index contributed by atoms with van der Waals surface area (Å²) in [6.07, 6.45) is 4.02. The summed E-state index contributed by atoms with van der Waals surface area (Å²) in [6.45, 7) is 0. The molecule has 0 fully saturated rings. The largest absolute Gasteiger partial charge is 0.388 e.